The first-order valence-corrected chi connectivity index (χ1v) is 6.31. The van der Waals surface area contributed by atoms with E-state index in [1.807, 2.05) is 45.9 Å². The Labute approximate surface area is 117 Å². The van der Waals surface area contributed by atoms with Crippen LogP contribution in [0.5, 0.6) is 0 Å². The number of hydrogen-bond acceptors (Lipinski definition) is 3. The van der Waals surface area contributed by atoms with E-state index in [2.05, 4.69) is 10.3 Å². The zero-order chi connectivity index (χ0) is 14.9. The smallest absolute Gasteiger partial charge is 0.358 e. The van der Waals surface area contributed by atoms with Gasteiger partial charge in [-0.2, -0.15) is 0 Å². The second kappa shape index (κ2) is 5.28. The van der Waals surface area contributed by atoms with Crippen LogP contribution in [0.3, 0.4) is 0 Å². The maximum absolute atomic E-state index is 11.2. The quantitative estimate of drug-likeness (QED) is 0.931. The van der Waals surface area contributed by atoms with Crippen LogP contribution in [-0.4, -0.2) is 26.1 Å². The second-order valence-electron chi connectivity index (χ2n) is 5.03. The molecule has 5 heteroatoms. The molecule has 1 aromatic carbocycles. The Kier molecular flexibility index (Phi) is 3.70. The van der Waals surface area contributed by atoms with Crippen molar-refractivity contribution in [2.24, 2.45) is 0 Å². The highest BCUT2D eigenvalue weighted by molar-refractivity contribution is 5.89. The molecule has 0 unspecified atom stereocenters. The molecule has 1 heterocycles. The fourth-order valence-electron chi connectivity index (χ4n) is 1.89. The van der Waals surface area contributed by atoms with E-state index in [9.17, 15) is 9.90 Å². The van der Waals surface area contributed by atoms with Crippen LogP contribution in [0.1, 0.15) is 41.2 Å². The van der Waals surface area contributed by atoms with Gasteiger partial charge in [0.2, 0.25) is 0 Å². The van der Waals surface area contributed by atoms with Crippen molar-refractivity contribution < 1.29 is 9.90 Å². The molecule has 1 N–H and O–H groups in total. The molecule has 0 bridgehead atoms. The molecule has 20 heavy (non-hydrogen) atoms. The first-order valence-electron chi connectivity index (χ1n) is 6.31. The Bertz CT molecular complexity index is 695. The van der Waals surface area contributed by atoms with Gasteiger partial charge < -0.3 is 5.11 Å². The van der Waals surface area contributed by atoms with Gasteiger partial charge >= 0.3 is 5.97 Å². The molecule has 0 fully saturated rings. The van der Waals surface area contributed by atoms with E-state index in [1.165, 1.54) is 5.56 Å². The molecule has 0 saturated heterocycles. The van der Waals surface area contributed by atoms with E-state index in [4.69, 9.17) is 0 Å². The lowest BCUT2D eigenvalue weighted by atomic mass is 10.1. The maximum atomic E-state index is 11.2. The second-order valence-corrected chi connectivity index (χ2v) is 5.03. The van der Waals surface area contributed by atoms with Gasteiger partial charge in [-0.15, -0.1) is 5.10 Å². The van der Waals surface area contributed by atoms with Crippen LogP contribution in [0.4, 0.5) is 0 Å². The number of carbonyl (C=O) groups is 1. The lowest BCUT2D eigenvalue weighted by molar-refractivity contribution is 0.0690. The number of aromatic nitrogens is 3. The number of benzene rings is 1. The highest BCUT2D eigenvalue weighted by Gasteiger charge is 2.18. The van der Waals surface area contributed by atoms with Crippen LogP contribution in [-0.2, 0) is 0 Å². The molecule has 5 nitrogen and oxygen atoms in total. The molecule has 0 saturated carbocycles. The standard InChI is InChI=1S/C15H17N3O2/c1-9(2)7-13-14(15(19)20)16-17-18(13)12-6-5-10(3)11(4)8-12/h5-8H,1-4H3,(H,19,20). The van der Waals surface area contributed by atoms with Crippen molar-refractivity contribution in [2.45, 2.75) is 27.7 Å². The van der Waals surface area contributed by atoms with Crippen LogP contribution in [0.2, 0.25) is 0 Å². The predicted octanol–water partition coefficient (Wildman–Crippen LogP) is 3.01. The maximum Gasteiger partial charge on any atom is 0.358 e. The number of aryl methyl sites for hydroxylation is 2. The monoisotopic (exact) mass is 271 g/mol. The molecule has 0 aliphatic carbocycles. The van der Waals surface area contributed by atoms with Crippen LogP contribution >= 0.6 is 0 Å². The third kappa shape index (κ3) is 2.61. The SMILES string of the molecule is CC(C)=Cc1c(C(=O)O)nnn1-c1ccc(C)c(C)c1. The third-order valence-electron chi connectivity index (χ3n) is 3.07. The Hall–Kier alpha value is -2.43. The van der Waals surface area contributed by atoms with Crippen molar-refractivity contribution in [3.8, 4) is 5.69 Å². The topological polar surface area (TPSA) is 68.0 Å². The van der Waals surface area contributed by atoms with Crippen molar-refractivity contribution in [3.63, 3.8) is 0 Å². The summed E-state index contributed by atoms with van der Waals surface area (Å²) >= 11 is 0. The van der Waals surface area contributed by atoms with Crippen molar-refractivity contribution in [1.29, 1.82) is 0 Å². The van der Waals surface area contributed by atoms with E-state index in [-0.39, 0.29) is 5.69 Å². The Morgan fingerprint density at radius 1 is 1.25 bits per heavy atom. The van der Waals surface area contributed by atoms with Crippen LogP contribution in [0.25, 0.3) is 11.8 Å². The summed E-state index contributed by atoms with van der Waals surface area (Å²) in [5.41, 5.74) is 4.54. The number of allylic oxidation sites excluding steroid dienone is 1. The summed E-state index contributed by atoms with van der Waals surface area (Å²) in [5.74, 6) is -1.08. The molecule has 2 aromatic rings. The van der Waals surface area contributed by atoms with E-state index >= 15 is 0 Å². The number of hydrogen-bond donors (Lipinski definition) is 1. The first-order chi connectivity index (χ1) is 9.40. The third-order valence-corrected chi connectivity index (χ3v) is 3.07. The highest BCUT2D eigenvalue weighted by atomic mass is 16.4. The number of rotatable bonds is 3. The fraction of sp³-hybridized carbons (Fsp3) is 0.267. The average Bonchev–Trinajstić information content (AvgIpc) is 2.75. The molecule has 0 spiro atoms. The van der Waals surface area contributed by atoms with Gasteiger partial charge in [0.1, 0.15) is 5.69 Å². The molecule has 2 rings (SSSR count). The molecule has 0 aliphatic rings. The van der Waals surface area contributed by atoms with Crippen molar-refractivity contribution in [2.75, 3.05) is 0 Å². The van der Waals surface area contributed by atoms with Gasteiger partial charge in [0.15, 0.2) is 5.69 Å². The van der Waals surface area contributed by atoms with E-state index in [1.54, 1.807) is 10.8 Å². The number of nitrogens with zero attached hydrogens (tertiary/aromatic N) is 3. The minimum absolute atomic E-state index is 0.0376. The summed E-state index contributed by atoms with van der Waals surface area (Å²) < 4.78 is 1.56. The van der Waals surface area contributed by atoms with Gasteiger partial charge in [-0.25, -0.2) is 9.48 Å². The van der Waals surface area contributed by atoms with Crippen molar-refractivity contribution in [1.82, 2.24) is 15.0 Å². The molecular formula is C15H17N3O2. The van der Waals surface area contributed by atoms with Gasteiger partial charge in [0, 0.05) is 0 Å². The zero-order valence-corrected chi connectivity index (χ0v) is 12.0. The lowest BCUT2D eigenvalue weighted by Gasteiger charge is -2.07. The number of carboxylic acid groups (broad SMARTS) is 1. The Balaban J connectivity index is 2.64. The summed E-state index contributed by atoms with van der Waals surface area (Å²) in [6.45, 7) is 7.85. The fourth-order valence-corrected chi connectivity index (χ4v) is 1.89. The summed E-state index contributed by atoms with van der Waals surface area (Å²) in [6.07, 6.45) is 1.78. The lowest BCUT2D eigenvalue weighted by Crippen LogP contribution is -2.03. The largest absolute Gasteiger partial charge is 0.476 e. The average molecular weight is 271 g/mol. The van der Waals surface area contributed by atoms with E-state index < -0.39 is 5.97 Å². The number of carboxylic acids is 1. The molecule has 1 aromatic heterocycles. The number of aromatic carboxylic acids is 1. The minimum atomic E-state index is -1.08. The van der Waals surface area contributed by atoms with Gasteiger partial charge in [0.05, 0.1) is 5.69 Å². The van der Waals surface area contributed by atoms with Gasteiger partial charge in [-0.3, -0.25) is 0 Å². The Morgan fingerprint density at radius 3 is 2.50 bits per heavy atom. The molecule has 0 radical (unpaired) electrons. The zero-order valence-electron chi connectivity index (χ0n) is 12.0. The highest BCUT2D eigenvalue weighted by Crippen LogP contribution is 2.19. The molecule has 104 valence electrons. The molecule has 0 aliphatic heterocycles. The summed E-state index contributed by atoms with van der Waals surface area (Å²) in [4.78, 5) is 11.2. The molecule has 0 atom stereocenters. The van der Waals surface area contributed by atoms with Crippen LogP contribution in [0.15, 0.2) is 23.8 Å². The first kappa shape index (κ1) is 14.0. The Morgan fingerprint density at radius 2 is 1.95 bits per heavy atom. The van der Waals surface area contributed by atoms with Crippen LogP contribution < -0.4 is 0 Å². The summed E-state index contributed by atoms with van der Waals surface area (Å²) in [5, 5.41) is 16.9. The van der Waals surface area contributed by atoms with E-state index in [0.29, 0.717) is 5.69 Å². The summed E-state index contributed by atoms with van der Waals surface area (Å²) in [7, 11) is 0. The van der Waals surface area contributed by atoms with Gasteiger partial charge in [0.25, 0.3) is 0 Å². The van der Waals surface area contributed by atoms with Crippen molar-refractivity contribution >= 4 is 12.0 Å². The van der Waals surface area contributed by atoms with Gasteiger partial charge in [-0.1, -0.05) is 16.9 Å². The molecular weight excluding hydrogens is 254 g/mol. The minimum Gasteiger partial charge on any atom is -0.476 e. The van der Waals surface area contributed by atoms with Gasteiger partial charge in [-0.05, 0) is 57.0 Å². The van der Waals surface area contributed by atoms with Crippen molar-refractivity contribution in [3.05, 3.63) is 46.3 Å². The predicted molar refractivity (Wildman–Crippen MR) is 77.1 cm³/mol. The summed E-state index contributed by atoms with van der Waals surface area (Å²) in [6, 6.07) is 5.86. The van der Waals surface area contributed by atoms with Crippen LogP contribution in [0, 0.1) is 13.8 Å². The van der Waals surface area contributed by atoms with E-state index in [0.717, 1.165) is 16.8 Å². The molecule has 0 amide bonds. The normalized spacial score (nSPS) is 10.4.